The average Bonchev–Trinajstić information content (AvgIpc) is 2.68. The molecule has 128 valence electrons. The summed E-state index contributed by atoms with van der Waals surface area (Å²) in [5, 5.41) is 1.51. The largest absolute Gasteiger partial charge is 0.305 e. The monoisotopic (exact) mass is 354 g/mol. The molecule has 0 unspecified atom stereocenters. The normalized spacial score (nSPS) is 10.7. The van der Waals surface area contributed by atoms with Gasteiger partial charge in [0.25, 0.3) is 0 Å². The zero-order chi connectivity index (χ0) is 18.4. The second-order valence-electron chi connectivity index (χ2n) is 6.86. The van der Waals surface area contributed by atoms with Crippen LogP contribution >= 0.6 is 0 Å². The number of carbonyl (C=O) groups is 1. The first-order valence-electron chi connectivity index (χ1n) is 8.81. The molecular weight excluding hydrogens is 332 g/mol. The molecule has 0 aliphatic heterocycles. The SMILES string of the molecule is C[Si](C)(C(=O)Cc1ccccc1C#Cc1ccccc1)c1ccccc1. The summed E-state index contributed by atoms with van der Waals surface area (Å²) in [4.78, 5) is 13.1. The fourth-order valence-electron chi connectivity index (χ4n) is 2.87. The lowest BCUT2D eigenvalue weighted by Crippen LogP contribution is -2.50. The Morgan fingerprint density at radius 3 is 2.04 bits per heavy atom. The van der Waals surface area contributed by atoms with Crippen LogP contribution in [-0.4, -0.2) is 13.5 Å². The van der Waals surface area contributed by atoms with Gasteiger partial charge in [0.2, 0.25) is 0 Å². The first-order chi connectivity index (χ1) is 12.6. The third-order valence-corrected chi connectivity index (χ3v) is 8.02. The molecule has 0 amide bonds. The molecule has 0 aromatic heterocycles. The Hall–Kier alpha value is -2.89. The quantitative estimate of drug-likeness (QED) is 0.503. The van der Waals surface area contributed by atoms with Crippen molar-refractivity contribution in [2.24, 2.45) is 0 Å². The molecule has 3 aromatic rings. The fraction of sp³-hybridized carbons (Fsp3) is 0.125. The minimum absolute atomic E-state index is 0.331. The van der Waals surface area contributed by atoms with Crippen LogP contribution in [0, 0.1) is 11.8 Å². The molecule has 26 heavy (non-hydrogen) atoms. The summed E-state index contributed by atoms with van der Waals surface area (Å²) >= 11 is 0. The van der Waals surface area contributed by atoms with E-state index in [1.807, 2.05) is 72.8 Å². The van der Waals surface area contributed by atoms with Crippen molar-refractivity contribution in [3.05, 3.63) is 102 Å². The molecule has 0 aliphatic carbocycles. The summed E-state index contributed by atoms with van der Waals surface area (Å²) in [6, 6.07) is 28.1. The lowest BCUT2D eigenvalue weighted by Gasteiger charge is -2.21. The Morgan fingerprint density at radius 1 is 0.769 bits per heavy atom. The number of benzene rings is 3. The van der Waals surface area contributed by atoms with Crippen LogP contribution in [0.25, 0.3) is 0 Å². The van der Waals surface area contributed by atoms with E-state index in [2.05, 4.69) is 37.1 Å². The topological polar surface area (TPSA) is 17.1 Å². The van der Waals surface area contributed by atoms with Crippen LogP contribution in [0.2, 0.25) is 13.1 Å². The lowest BCUT2D eigenvalue weighted by molar-refractivity contribution is -0.112. The van der Waals surface area contributed by atoms with Gasteiger partial charge in [0.1, 0.15) is 5.41 Å². The summed E-state index contributed by atoms with van der Waals surface area (Å²) in [5.41, 5.74) is 2.92. The summed E-state index contributed by atoms with van der Waals surface area (Å²) in [6.07, 6.45) is 0.438. The highest BCUT2D eigenvalue weighted by Crippen LogP contribution is 2.14. The Balaban J connectivity index is 1.85. The van der Waals surface area contributed by atoms with Crippen molar-refractivity contribution >= 4 is 18.7 Å². The third-order valence-electron chi connectivity index (χ3n) is 4.68. The lowest BCUT2D eigenvalue weighted by atomic mass is 10.1. The molecular formula is C24H22OSi. The van der Waals surface area contributed by atoms with Crippen molar-refractivity contribution in [1.29, 1.82) is 0 Å². The Labute approximate surface area is 156 Å². The van der Waals surface area contributed by atoms with Crippen LogP contribution in [-0.2, 0) is 11.2 Å². The summed E-state index contributed by atoms with van der Waals surface area (Å²) in [5.74, 6) is 6.43. The fourth-order valence-corrected chi connectivity index (χ4v) is 4.85. The van der Waals surface area contributed by atoms with Gasteiger partial charge in [0.05, 0.1) is 0 Å². The van der Waals surface area contributed by atoms with Gasteiger partial charge in [-0.05, 0) is 23.8 Å². The van der Waals surface area contributed by atoms with Crippen LogP contribution in [0.3, 0.4) is 0 Å². The number of rotatable bonds is 4. The van der Waals surface area contributed by atoms with Crippen LogP contribution in [0.1, 0.15) is 16.7 Å². The van der Waals surface area contributed by atoms with Crippen molar-refractivity contribution in [3.8, 4) is 11.8 Å². The van der Waals surface area contributed by atoms with E-state index in [9.17, 15) is 4.79 Å². The zero-order valence-electron chi connectivity index (χ0n) is 15.2. The first kappa shape index (κ1) is 17.9. The smallest absolute Gasteiger partial charge is 0.157 e. The molecule has 3 rings (SSSR count). The second-order valence-corrected chi connectivity index (χ2v) is 11.2. The van der Waals surface area contributed by atoms with E-state index in [0.29, 0.717) is 11.8 Å². The van der Waals surface area contributed by atoms with Gasteiger partial charge >= 0.3 is 0 Å². The van der Waals surface area contributed by atoms with Crippen LogP contribution in [0.5, 0.6) is 0 Å². The molecule has 0 atom stereocenters. The third kappa shape index (κ3) is 4.19. The summed E-state index contributed by atoms with van der Waals surface area (Å²) < 4.78 is 0. The molecule has 0 radical (unpaired) electrons. The molecule has 1 nitrogen and oxygen atoms in total. The predicted octanol–water partition coefficient (Wildman–Crippen LogP) is 4.35. The van der Waals surface area contributed by atoms with E-state index in [0.717, 1.165) is 16.7 Å². The molecule has 0 bridgehead atoms. The standard InChI is InChI=1S/C24H22OSi/c1-26(2,23-15-7-4-8-16-23)24(25)19-22-14-10-9-13-21(22)18-17-20-11-5-3-6-12-20/h3-16H,19H2,1-2H3. The number of hydrogen-bond donors (Lipinski definition) is 0. The van der Waals surface area contributed by atoms with Crippen LogP contribution < -0.4 is 5.19 Å². The molecule has 2 heteroatoms. The van der Waals surface area contributed by atoms with E-state index in [4.69, 9.17) is 0 Å². The molecule has 0 saturated carbocycles. The minimum atomic E-state index is -2.16. The molecule has 0 N–H and O–H groups in total. The first-order valence-corrected chi connectivity index (χ1v) is 11.8. The Kier molecular flexibility index (Phi) is 5.51. The Bertz CT molecular complexity index is 948. The van der Waals surface area contributed by atoms with E-state index in [1.165, 1.54) is 5.19 Å². The molecule has 3 aromatic carbocycles. The van der Waals surface area contributed by atoms with E-state index in [1.54, 1.807) is 0 Å². The summed E-state index contributed by atoms with van der Waals surface area (Å²) in [6.45, 7) is 4.26. The van der Waals surface area contributed by atoms with Crippen molar-refractivity contribution < 1.29 is 4.79 Å². The average molecular weight is 355 g/mol. The van der Waals surface area contributed by atoms with Crippen LogP contribution in [0.4, 0.5) is 0 Å². The zero-order valence-corrected chi connectivity index (χ0v) is 16.2. The summed E-state index contributed by atoms with van der Waals surface area (Å²) in [7, 11) is -2.16. The van der Waals surface area contributed by atoms with Gasteiger partial charge in [-0.1, -0.05) is 96.9 Å². The highest BCUT2D eigenvalue weighted by molar-refractivity contribution is 7.13. The molecule has 0 heterocycles. The second kappa shape index (κ2) is 7.99. The molecule has 0 saturated heterocycles. The van der Waals surface area contributed by atoms with Gasteiger partial charge in [-0.3, -0.25) is 0 Å². The van der Waals surface area contributed by atoms with Gasteiger partial charge in [0, 0.05) is 17.5 Å². The van der Waals surface area contributed by atoms with E-state index >= 15 is 0 Å². The molecule has 0 spiro atoms. The predicted molar refractivity (Wildman–Crippen MR) is 111 cm³/mol. The Morgan fingerprint density at radius 2 is 1.35 bits per heavy atom. The van der Waals surface area contributed by atoms with Gasteiger partial charge in [-0.2, -0.15) is 0 Å². The highest BCUT2D eigenvalue weighted by Gasteiger charge is 2.32. The maximum absolute atomic E-state index is 13.1. The van der Waals surface area contributed by atoms with Crippen molar-refractivity contribution in [3.63, 3.8) is 0 Å². The van der Waals surface area contributed by atoms with E-state index < -0.39 is 8.07 Å². The van der Waals surface area contributed by atoms with Crippen molar-refractivity contribution in [2.75, 3.05) is 0 Å². The molecule has 0 aliphatic rings. The highest BCUT2D eigenvalue weighted by atomic mass is 28.3. The number of hydrogen-bond acceptors (Lipinski definition) is 1. The van der Waals surface area contributed by atoms with Gasteiger partial charge in [-0.15, -0.1) is 0 Å². The number of carbonyl (C=O) groups excluding carboxylic acids is 1. The van der Waals surface area contributed by atoms with Gasteiger partial charge in [-0.25, -0.2) is 0 Å². The van der Waals surface area contributed by atoms with Crippen LogP contribution in [0.15, 0.2) is 84.9 Å². The molecule has 0 fully saturated rings. The van der Waals surface area contributed by atoms with Crippen molar-refractivity contribution in [2.45, 2.75) is 19.5 Å². The van der Waals surface area contributed by atoms with Crippen molar-refractivity contribution in [1.82, 2.24) is 0 Å². The maximum atomic E-state index is 13.1. The van der Waals surface area contributed by atoms with Gasteiger partial charge in [0.15, 0.2) is 8.07 Å². The minimum Gasteiger partial charge on any atom is -0.305 e. The maximum Gasteiger partial charge on any atom is 0.157 e. The van der Waals surface area contributed by atoms with E-state index in [-0.39, 0.29) is 0 Å². The van der Waals surface area contributed by atoms with Gasteiger partial charge < -0.3 is 4.79 Å².